The molecule has 1 N–H and O–H groups in total. The van der Waals surface area contributed by atoms with Crippen LogP contribution in [0.3, 0.4) is 0 Å². The van der Waals surface area contributed by atoms with Crippen LogP contribution in [0.25, 0.3) is 11.1 Å². The number of hydrogen-bond acceptors (Lipinski definition) is 4. The fourth-order valence-electron chi connectivity index (χ4n) is 2.58. The van der Waals surface area contributed by atoms with Crippen LogP contribution in [0.15, 0.2) is 82.8 Å². The fraction of sp³-hybridized carbons (Fsp3) is 0.0952. The van der Waals surface area contributed by atoms with E-state index in [1.807, 2.05) is 55.5 Å². The predicted molar refractivity (Wildman–Crippen MR) is 108 cm³/mol. The molecule has 3 aromatic rings. The van der Waals surface area contributed by atoms with Gasteiger partial charge in [0.1, 0.15) is 5.75 Å². The zero-order valence-electron chi connectivity index (χ0n) is 15.1. The van der Waals surface area contributed by atoms with Crippen LogP contribution >= 0.6 is 0 Å². The zero-order chi connectivity index (χ0) is 19.3. The second-order valence-corrected chi connectivity index (χ2v) is 7.64. The van der Waals surface area contributed by atoms with Gasteiger partial charge in [0.25, 0.3) is 10.0 Å². The van der Waals surface area contributed by atoms with E-state index in [0.717, 1.165) is 28.0 Å². The van der Waals surface area contributed by atoms with E-state index in [9.17, 15) is 8.42 Å². The van der Waals surface area contributed by atoms with Gasteiger partial charge in [0.05, 0.1) is 18.2 Å². The lowest BCUT2D eigenvalue weighted by atomic mass is 10.0. The minimum atomic E-state index is -3.70. The lowest BCUT2D eigenvalue weighted by Gasteiger charge is -2.08. The van der Waals surface area contributed by atoms with E-state index in [2.05, 4.69) is 9.93 Å². The number of aryl methyl sites for hydroxylation is 1. The number of sulfonamides is 1. The molecule has 0 radical (unpaired) electrons. The molecule has 0 atom stereocenters. The SMILES string of the molecule is COc1ccc(-c2ccccc2/C=N/NS(=O)(=O)c2ccc(C)cc2)cc1. The molecule has 0 aromatic heterocycles. The van der Waals surface area contributed by atoms with E-state index >= 15 is 0 Å². The van der Waals surface area contributed by atoms with E-state index in [1.165, 1.54) is 6.21 Å². The molecule has 0 aliphatic rings. The zero-order valence-corrected chi connectivity index (χ0v) is 15.9. The number of nitrogens with zero attached hydrogens (tertiary/aromatic N) is 1. The molecule has 0 saturated carbocycles. The molecule has 0 aliphatic heterocycles. The number of hydrogen-bond donors (Lipinski definition) is 1. The Morgan fingerprint density at radius 1 is 0.926 bits per heavy atom. The van der Waals surface area contributed by atoms with Crippen LogP contribution < -0.4 is 9.57 Å². The summed E-state index contributed by atoms with van der Waals surface area (Å²) < 4.78 is 29.8. The maximum absolute atomic E-state index is 12.3. The topological polar surface area (TPSA) is 67.8 Å². The quantitative estimate of drug-likeness (QED) is 0.519. The maximum atomic E-state index is 12.3. The molecule has 0 bridgehead atoms. The van der Waals surface area contributed by atoms with Crippen LogP contribution in [0.4, 0.5) is 0 Å². The third-order valence-electron chi connectivity index (χ3n) is 4.07. The largest absolute Gasteiger partial charge is 0.497 e. The first-order valence-corrected chi connectivity index (χ1v) is 9.83. The minimum absolute atomic E-state index is 0.175. The number of nitrogens with one attached hydrogen (secondary N) is 1. The van der Waals surface area contributed by atoms with Gasteiger partial charge in [-0.05, 0) is 42.3 Å². The molecule has 5 nitrogen and oxygen atoms in total. The van der Waals surface area contributed by atoms with Crippen molar-refractivity contribution in [3.63, 3.8) is 0 Å². The Balaban J connectivity index is 1.82. The summed E-state index contributed by atoms with van der Waals surface area (Å²) in [5, 5.41) is 3.94. The van der Waals surface area contributed by atoms with Crippen molar-refractivity contribution in [2.45, 2.75) is 11.8 Å². The van der Waals surface area contributed by atoms with Gasteiger partial charge in [0.2, 0.25) is 0 Å². The van der Waals surface area contributed by atoms with Crippen LogP contribution in [0, 0.1) is 6.92 Å². The van der Waals surface area contributed by atoms with Crippen molar-refractivity contribution in [3.05, 3.63) is 83.9 Å². The number of rotatable bonds is 6. The Morgan fingerprint density at radius 2 is 1.59 bits per heavy atom. The van der Waals surface area contributed by atoms with E-state index in [1.54, 1.807) is 31.4 Å². The van der Waals surface area contributed by atoms with Gasteiger partial charge in [-0.1, -0.05) is 54.1 Å². The van der Waals surface area contributed by atoms with Crippen LogP contribution in [0.5, 0.6) is 5.75 Å². The molecule has 0 heterocycles. The molecule has 138 valence electrons. The van der Waals surface area contributed by atoms with E-state index in [4.69, 9.17) is 4.74 Å². The Morgan fingerprint density at radius 3 is 2.26 bits per heavy atom. The van der Waals surface area contributed by atoms with Gasteiger partial charge in [-0.25, -0.2) is 4.83 Å². The summed E-state index contributed by atoms with van der Waals surface area (Å²) in [6.45, 7) is 1.90. The third-order valence-corrected chi connectivity index (χ3v) is 5.31. The van der Waals surface area contributed by atoms with Crippen molar-refractivity contribution in [3.8, 4) is 16.9 Å². The maximum Gasteiger partial charge on any atom is 0.276 e. The van der Waals surface area contributed by atoms with Crippen LogP contribution in [0.1, 0.15) is 11.1 Å². The van der Waals surface area contributed by atoms with Crippen molar-refractivity contribution < 1.29 is 13.2 Å². The predicted octanol–water partition coefficient (Wildman–Crippen LogP) is 3.98. The highest BCUT2D eigenvalue weighted by molar-refractivity contribution is 7.89. The van der Waals surface area contributed by atoms with Gasteiger partial charge in [-0.15, -0.1) is 0 Å². The van der Waals surface area contributed by atoms with Gasteiger partial charge < -0.3 is 4.74 Å². The van der Waals surface area contributed by atoms with Crippen molar-refractivity contribution in [1.82, 2.24) is 4.83 Å². The van der Waals surface area contributed by atoms with Crippen molar-refractivity contribution in [1.29, 1.82) is 0 Å². The van der Waals surface area contributed by atoms with Gasteiger partial charge >= 0.3 is 0 Å². The lowest BCUT2D eigenvalue weighted by molar-refractivity contribution is 0.415. The summed E-state index contributed by atoms with van der Waals surface area (Å²) in [5.41, 5.74) is 3.72. The first kappa shape index (κ1) is 18.7. The summed E-state index contributed by atoms with van der Waals surface area (Å²) in [6.07, 6.45) is 1.51. The van der Waals surface area contributed by atoms with E-state index in [0.29, 0.717) is 0 Å². The summed E-state index contributed by atoms with van der Waals surface area (Å²) in [7, 11) is -2.08. The first-order valence-electron chi connectivity index (χ1n) is 8.34. The monoisotopic (exact) mass is 380 g/mol. The molecule has 0 unspecified atom stereocenters. The van der Waals surface area contributed by atoms with Crippen molar-refractivity contribution in [2.75, 3.05) is 7.11 Å². The smallest absolute Gasteiger partial charge is 0.276 e. The highest BCUT2D eigenvalue weighted by atomic mass is 32.2. The van der Waals surface area contributed by atoms with Gasteiger partial charge in [-0.3, -0.25) is 0 Å². The van der Waals surface area contributed by atoms with Crippen LogP contribution in [0.2, 0.25) is 0 Å². The summed E-state index contributed by atoms with van der Waals surface area (Å²) in [4.78, 5) is 2.44. The molecule has 0 fully saturated rings. The summed E-state index contributed by atoms with van der Waals surface area (Å²) in [6, 6.07) is 21.9. The summed E-state index contributed by atoms with van der Waals surface area (Å²) >= 11 is 0. The van der Waals surface area contributed by atoms with Crippen molar-refractivity contribution >= 4 is 16.2 Å². The van der Waals surface area contributed by atoms with Gasteiger partial charge in [0, 0.05) is 5.56 Å². The second kappa shape index (κ2) is 8.05. The van der Waals surface area contributed by atoms with Crippen molar-refractivity contribution in [2.24, 2.45) is 5.10 Å². The van der Waals surface area contributed by atoms with Crippen LogP contribution in [-0.2, 0) is 10.0 Å². The Kier molecular flexibility index (Phi) is 5.57. The number of methoxy groups -OCH3 is 1. The number of ether oxygens (including phenoxy) is 1. The van der Waals surface area contributed by atoms with Gasteiger partial charge in [-0.2, -0.15) is 13.5 Å². The van der Waals surface area contributed by atoms with E-state index in [-0.39, 0.29) is 4.90 Å². The second-order valence-electron chi connectivity index (χ2n) is 5.98. The molecule has 6 heteroatoms. The van der Waals surface area contributed by atoms with E-state index < -0.39 is 10.0 Å². The highest BCUT2D eigenvalue weighted by Crippen LogP contribution is 2.24. The fourth-order valence-corrected chi connectivity index (χ4v) is 3.37. The highest BCUT2D eigenvalue weighted by Gasteiger charge is 2.12. The lowest BCUT2D eigenvalue weighted by Crippen LogP contribution is -2.18. The van der Waals surface area contributed by atoms with Crippen LogP contribution in [-0.4, -0.2) is 21.7 Å². The molecular weight excluding hydrogens is 360 g/mol. The molecule has 3 rings (SSSR count). The molecular formula is C21H20N2O3S. The Hall–Kier alpha value is -3.12. The minimum Gasteiger partial charge on any atom is -0.497 e. The first-order chi connectivity index (χ1) is 13.0. The molecule has 27 heavy (non-hydrogen) atoms. The normalized spacial score (nSPS) is 11.5. The molecule has 0 saturated heterocycles. The molecule has 0 spiro atoms. The average molecular weight is 380 g/mol. The number of hydrazone groups is 1. The Labute approximate surface area is 159 Å². The average Bonchev–Trinajstić information content (AvgIpc) is 2.69. The molecule has 0 aliphatic carbocycles. The molecule has 3 aromatic carbocycles. The summed E-state index contributed by atoms with van der Waals surface area (Å²) in [5.74, 6) is 0.774. The Bertz CT molecular complexity index is 1040. The molecule has 0 amide bonds. The standard InChI is InChI=1S/C21H20N2O3S/c1-16-7-13-20(14-8-16)27(24,25)23-22-15-18-5-3-4-6-21(18)17-9-11-19(26-2)12-10-17/h3-15,23H,1-2H3/b22-15+. The third kappa shape index (κ3) is 4.54. The van der Waals surface area contributed by atoms with Gasteiger partial charge in [0.15, 0.2) is 0 Å². The number of benzene rings is 3.